The fraction of sp³-hybridized carbons (Fsp3) is 0.333. The van der Waals surface area contributed by atoms with Crippen molar-refractivity contribution in [3.63, 3.8) is 0 Å². The van der Waals surface area contributed by atoms with Gasteiger partial charge in [-0.25, -0.2) is 15.0 Å². The molecule has 4 heterocycles. The third kappa shape index (κ3) is 2.14. The van der Waals surface area contributed by atoms with E-state index in [1.807, 2.05) is 29.2 Å². The van der Waals surface area contributed by atoms with Gasteiger partial charge in [0.05, 0.1) is 24.5 Å². The first kappa shape index (κ1) is 13.0. The van der Waals surface area contributed by atoms with Gasteiger partial charge in [0.15, 0.2) is 0 Å². The first-order chi connectivity index (χ1) is 10.8. The van der Waals surface area contributed by atoms with Crippen LogP contribution in [-0.2, 0) is 13.1 Å². The summed E-state index contributed by atoms with van der Waals surface area (Å²) >= 11 is 0. The van der Waals surface area contributed by atoms with Crippen LogP contribution in [0, 0.1) is 0 Å². The zero-order chi connectivity index (χ0) is 14.9. The molecule has 0 aliphatic carbocycles. The van der Waals surface area contributed by atoms with E-state index in [9.17, 15) is 0 Å². The van der Waals surface area contributed by atoms with E-state index in [-0.39, 0.29) is 6.04 Å². The van der Waals surface area contributed by atoms with E-state index >= 15 is 0 Å². The van der Waals surface area contributed by atoms with E-state index in [2.05, 4.69) is 36.4 Å². The predicted octanol–water partition coefficient (Wildman–Crippen LogP) is 1.50. The molecule has 1 unspecified atom stereocenters. The van der Waals surface area contributed by atoms with E-state index in [0.29, 0.717) is 0 Å². The van der Waals surface area contributed by atoms with Crippen molar-refractivity contribution in [3.8, 4) is 0 Å². The number of hydrogen-bond donors (Lipinski definition) is 0. The molecule has 22 heavy (non-hydrogen) atoms. The summed E-state index contributed by atoms with van der Waals surface area (Å²) in [6.45, 7) is 4.65. The number of imidazole rings is 1. The molecule has 7 nitrogen and oxygen atoms in total. The maximum absolute atomic E-state index is 4.62. The molecule has 112 valence electrons. The zero-order valence-electron chi connectivity index (χ0n) is 12.4. The summed E-state index contributed by atoms with van der Waals surface area (Å²) in [6, 6.07) is 3.92. The molecule has 0 spiro atoms. The fourth-order valence-corrected chi connectivity index (χ4v) is 2.96. The number of anilines is 1. The molecule has 0 fully saturated rings. The van der Waals surface area contributed by atoms with Crippen molar-refractivity contribution in [1.82, 2.24) is 29.3 Å². The Labute approximate surface area is 128 Å². The minimum absolute atomic E-state index is 0.155. The third-order valence-corrected chi connectivity index (χ3v) is 4.07. The molecule has 0 aromatic carbocycles. The van der Waals surface area contributed by atoms with Crippen LogP contribution in [0.25, 0.3) is 0 Å². The van der Waals surface area contributed by atoms with Crippen molar-refractivity contribution < 1.29 is 0 Å². The Morgan fingerprint density at radius 3 is 2.73 bits per heavy atom. The van der Waals surface area contributed by atoms with Crippen LogP contribution < -0.4 is 4.90 Å². The van der Waals surface area contributed by atoms with E-state index in [1.54, 1.807) is 18.6 Å². The van der Waals surface area contributed by atoms with E-state index in [1.165, 1.54) is 5.69 Å². The van der Waals surface area contributed by atoms with Gasteiger partial charge in [-0.1, -0.05) is 0 Å². The summed E-state index contributed by atoms with van der Waals surface area (Å²) in [7, 11) is 0. The molecule has 0 saturated heterocycles. The molecule has 1 atom stereocenters. The molecular weight excluding hydrogens is 278 g/mol. The average molecular weight is 295 g/mol. The first-order valence-electron chi connectivity index (χ1n) is 7.38. The lowest BCUT2D eigenvalue weighted by Gasteiger charge is -2.34. The Morgan fingerprint density at radius 2 is 1.95 bits per heavy atom. The monoisotopic (exact) mass is 295 g/mol. The van der Waals surface area contributed by atoms with Gasteiger partial charge in [-0.05, 0) is 19.1 Å². The summed E-state index contributed by atoms with van der Waals surface area (Å²) in [5.74, 6) is 1.82. The molecule has 3 aromatic heterocycles. The molecular formula is C15H17N7. The van der Waals surface area contributed by atoms with Gasteiger partial charge >= 0.3 is 0 Å². The van der Waals surface area contributed by atoms with E-state index in [4.69, 9.17) is 0 Å². The number of fused-ring (bicyclic) bond motifs is 1. The topological polar surface area (TPSA) is 64.7 Å². The summed E-state index contributed by atoms with van der Waals surface area (Å²) < 4.78 is 4.20. The molecule has 0 saturated carbocycles. The predicted molar refractivity (Wildman–Crippen MR) is 81.3 cm³/mol. The Balaban J connectivity index is 1.62. The van der Waals surface area contributed by atoms with Crippen molar-refractivity contribution in [2.45, 2.75) is 26.1 Å². The van der Waals surface area contributed by atoms with Gasteiger partial charge in [-0.3, -0.25) is 4.68 Å². The Hall–Kier alpha value is -2.70. The summed E-state index contributed by atoms with van der Waals surface area (Å²) in [5.41, 5.74) is 1.18. The van der Waals surface area contributed by atoms with Gasteiger partial charge in [0.25, 0.3) is 0 Å². The molecule has 7 heteroatoms. The lowest BCUT2D eigenvalue weighted by atomic mass is 10.2. The van der Waals surface area contributed by atoms with Crippen molar-refractivity contribution >= 4 is 5.95 Å². The number of hydrogen-bond acceptors (Lipinski definition) is 5. The molecule has 3 aromatic rings. The summed E-state index contributed by atoms with van der Waals surface area (Å²) in [5, 5.41) is 4.27. The van der Waals surface area contributed by atoms with Crippen LogP contribution in [0.3, 0.4) is 0 Å². The quantitative estimate of drug-likeness (QED) is 0.732. The van der Waals surface area contributed by atoms with Crippen molar-refractivity contribution in [2.75, 3.05) is 11.4 Å². The molecule has 1 aliphatic heterocycles. The second kappa shape index (κ2) is 5.25. The highest BCUT2D eigenvalue weighted by Gasteiger charge is 2.28. The average Bonchev–Trinajstić information content (AvgIpc) is 3.20. The van der Waals surface area contributed by atoms with Crippen LogP contribution in [0.4, 0.5) is 5.95 Å². The number of rotatable bonds is 3. The maximum Gasteiger partial charge on any atom is 0.225 e. The van der Waals surface area contributed by atoms with Crippen molar-refractivity contribution in [2.24, 2.45) is 0 Å². The van der Waals surface area contributed by atoms with Crippen molar-refractivity contribution in [1.29, 1.82) is 0 Å². The highest BCUT2D eigenvalue weighted by Crippen LogP contribution is 2.28. The maximum atomic E-state index is 4.62. The van der Waals surface area contributed by atoms with E-state index < -0.39 is 0 Å². The van der Waals surface area contributed by atoms with Gasteiger partial charge in [0.1, 0.15) is 5.82 Å². The zero-order valence-corrected chi connectivity index (χ0v) is 12.4. The van der Waals surface area contributed by atoms with Crippen LogP contribution in [0.15, 0.2) is 43.1 Å². The third-order valence-electron chi connectivity index (χ3n) is 4.07. The second-order valence-electron chi connectivity index (χ2n) is 5.38. The van der Waals surface area contributed by atoms with Gasteiger partial charge in [-0.15, -0.1) is 0 Å². The lowest BCUT2D eigenvalue weighted by molar-refractivity contribution is 0.472. The molecule has 0 radical (unpaired) electrons. The SMILES string of the molecule is CC1c2ncc(Cn3cccn3)n2CCN1c1ncccn1. The summed E-state index contributed by atoms with van der Waals surface area (Å²) in [4.78, 5) is 15.5. The summed E-state index contributed by atoms with van der Waals surface area (Å²) in [6.07, 6.45) is 9.27. The second-order valence-corrected chi connectivity index (χ2v) is 5.38. The van der Waals surface area contributed by atoms with Gasteiger partial charge in [0.2, 0.25) is 5.95 Å². The van der Waals surface area contributed by atoms with Crippen LogP contribution in [0.1, 0.15) is 24.5 Å². The van der Waals surface area contributed by atoms with Crippen LogP contribution in [0.5, 0.6) is 0 Å². The Morgan fingerprint density at radius 1 is 1.09 bits per heavy atom. The molecule has 4 rings (SSSR count). The minimum Gasteiger partial charge on any atom is -0.329 e. The minimum atomic E-state index is 0.155. The van der Waals surface area contributed by atoms with Crippen LogP contribution in [0.2, 0.25) is 0 Å². The molecule has 0 bridgehead atoms. The van der Waals surface area contributed by atoms with Crippen LogP contribution >= 0.6 is 0 Å². The lowest BCUT2D eigenvalue weighted by Crippen LogP contribution is -2.38. The largest absolute Gasteiger partial charge is 0.329 e. The van der Waals surface area contributed by atoms with E-state index in [0.717, 1.165) is 31.4 Å². The molecule has 0 amide bonds. The highest BCUT2D eigenvalue weighted by molar-refractivity contribution is 5.34. The fourth-order valence-electron chi connectivity index (χ4n) is 2.96. The molecule has 1 aliphatic rings. The number of nitrogens with zero attached hydrogens (tertiary/aromatic N) is 7. The Bertz CT molecular complexity index is 748. The van der Waals surface area contributed by atoms with Crippen molar-refractivity contribution in [3.05, 3.63) is 54.6 Å². The van der Waals surface area contributed by atoms with Gasteiger partial charge in [0, 0.05) is 37.9 Å². The highest BCUT2D eigenvalue weighted by atomic mass is 15.3. The first-order valence-corrected chi connectivity index (χ1v) is 7.38. The standard InChI is InChI=1S/C15H17N7/c1-12-14-18-10-13(11-20-7-3-6-19-20)22(14)9-8-21(12)15-16-4-2-5-17-15/h2-7,10,12H,8-9,11H2,1H3. The number of aromatic nitrogens is 6. The normalized spacial score (nSPS) is 17.5. The van der Waals surface area contributed by atoms with Gasteiger partial charge in [-0.2, -0.15) is 5.10 Å². The Kier molecular flexibility index (Phi) is 3.10. The van der Waals surface area contributed by atoms with Crippen LogP contribution in [-0.4, -0.2) is 35.8 Å². The van der Waals surface area contributed by atoms with Gasteiger partial charge < -0.3 is 9.47 Å². The molecule has 0 N–H and O–H groups in total. The smallest absolute Gasteiger partial charge is 0.225 e.